The topological polar surface area (TPSA) is 69.6 Å². The van der Waals surface area contributed by atoms with Crippen LogP contribution in [-0.4, -0.2) is 20.0 Å². The lowest BCUT2D eigenvalue weighted by molar-refractivity contribution is 0.687. The SMILES string of the molecule is CCc1nn(C)c(Sc2nnc(C)s2)c1N. The van der Waals surface area contributed by atoms with Crippen LogP contribution in [-0.2, 0) is 13.5 Å². The molecule has 0 atom stereocenters. The zero-order valence-electron chi connectivity index (χ0n) is 9.39. The lowest BCUT2D eigenvalue weighted by Gasteiger charge is -1.98. The zero-order chi connectivity index (χ0) is 11.7. The molecule has 2 rings (SSSR count). The standard InChI is InChI=1S/C9H13N5S2/c1-4-6-7(10)8(14(3)13-6)16-9-12-11-5(2)15-9/h4,10H2,1-3H3. The Morgan fingerprint density at radius 1 is 1.44 bits per heavy atom. The fraction of sp³-hybridized carbons (Fsp3) is 0.444. The number of hydrogen-bond donors (Lipinski definition) is 1. The first-order chi connectivity index (χ1) is 7.61. The first kappa shape index (κ1) is 11.4. The summed E-state index contributed by atoms with van der Waals surface area (Å²) in [7, 11) is 1.89. The van der Waals surface area contributed by atoms with Crippen LogP contribution in [0.25, 0.3) is 0 Å². The molecule has 0 aliphatic carbocycles. The van der Waals surface area contributed by atoms with Gasteiger partial charge in [0.25, 0.3) is 0 Å². The summed E-state index contributed by atoms with van der Waals surface area (Å²) in [5, 5.41) is 14.3. The molecule has 7 heteroatoms. The summed E-state index contributed by atoms with van der Waals surface area (Å²) in [5.41, 5.74) is 7.71. The Morgan fingerprint density at radius 3 is 2.69 bits per heavy atom. The molecule has 0 bridgehead atoms. The molecule has 0 unspecified atom stereocenters. The summed E-state index contributed by atoms with van der Waals surface area (Å²) < 4.78 is 2.70. The van der Waals surface area contributed by atoms with Crippen LogP contribution in [0.4, 0.5) is 5.69 Å². The van der Waals surface area contributed by atoms with E-state index in [2.05, 4.69) is 15.3 Å². The lowest BCUT2D eigenvalue weighted by Crippen LogP contribution is -1.93. The summed E-state index contributed by atoms with van der Waals surface area (Å²) in [6, 6.07) is 0. The third-order valence-electron chi connectivity index (χ3n) is 2.13. The van der Waals surface area contributed by atoms with Gasteiger partial charge in [0.1, 0.15) is 10.0 Å². The van der Waals surface area contributed by atoms with Crippen LogP contribution in [0, 0.1) is 6.92 Å². The Morgan fingerprint density at radius 2 is 2.19 bits per heavy atom. The van der Waals surface area contributed by atoms with Gasteiger partial charge in [-0.05, 0) is 25.1 Å². The van der Waals surface area contributed by atoms with E-state index in [1.54, 1.807) is 16.0 Å². The van der Waals surface area contributed by atoms with E-state index in [1.165, 1.54) is 11.8 Å². The van der Waals surface area contributed by atoms with Gasteiger partial charge in [-0.15, -0.1) is 10.2 Å². The zero-order valence-corrected chi connectivity index (χ0v) is 11.0. The molecular weight excluding hydrogens is 242 g/mol. The predicted octanol–water partition coefficient (Wildman–Crippen LogP) is 1.88. The van der Waals surface area contributed by atoms with E-state index in [9.17, 15) is 0 Å². The van der Waals surface area contributed by atoms with Crippen molar-refractivity contribution in [2.24, 2.45) is 7.05 Å². The third-order valence-corrected chi connectivity index (χ3v) is 4.20. The molecule has 0 aromatic carbocycles. The van der Waals surface area contributed by atoms with Crippen LogP contribution in [0.15, 0.2) is 9.37 Å². The minimum atomic E-state index is 0.753. The molecule has 0 spiro atoms. The van der Waals surface area contributed by atoms with Crippen molar-refractivity contribution in [3.05, 3.63) is 10.7 Å². The minimum Gasteiger partial charge on any atom is -0.395 e. The van der Waals surface area contributed by atoms with Gasteiger partial charge in [-0.3, -0.25) is 4.68 Å². The minimum absolute atomic E-state index is 0.753. The molecule has 16 heavy (non-hydrogen) atoms. The van der Waals surface area contributed by atoms with Crippen molar-refractivity contribution in [1.29, 1.82) is 0 Å². The number of aromatic nitrogens is 4. The van der Waals surface area contributed by atoms with E-state index in [1.807, 2.05) is 20.9 Å². The Bertz CT molecular complexity index is 502. The van der Waals surface area contributed by atoms with Crippen LogP contribution < -0.4 is 5.73 Å². The Kier molecular flexibility index (Phi) is 3.15. The Balaban J connectivity index is 2.30. The van der Waals surface area contributed by atoms with Crippen molar-refractivity contribution in [3.63, 3.8) is 0 Å². The van der Waals surface area contributed by atoms with Crippen molar-refractivity contribution in [2.45, 2.75) is 29.6 Å². The normalized spacial score (nSPS) is 10.9. The van der Waals surface area contributed by atoms with Gasteiger partial charge in [-0.2, -0.15) is 5.10 Å². The smallest absolute Gasteiger partial charge is 0.180 e. The molecule has 0 fully saturated rings. The van der Waals surface area contributed by atoms with Crippen molar-refractivity contribution < 1.29 is 0 Å². The van der Waals surface area contributed by atoms with Gasteiger partial charge in [-0.1, -0.05) is 18.3 Å². The number of hydrogen-bond acceptors (Lipinski definition) is 6. The quantitative estimate of drug-likeness (QED) is 0.906. The molecular formula is C9H13N5S2. The summed E-state index contributed by atoms with van der Waals surface area (Å²) in [6.45, 7) is 3.98. The molecule has 0 aliphatic heterocycles. The van der Waals surface area contributed by atoms with Gasteiger partial charge in [0.2, 0.25) is 0 Å². The molecule has 0 aliphatic rings. The average Bonchev–Trinajstić information content (AvgIpc) is 2.77. The monoisotopic (exact) mass is 255 g/mol. The average molecular weight is 255 g/mol. The van der Waals surface area contributed by atoms with Gasteiger partial charge in [0.05, 0.1) is 11.4 Å². The van der Waals surface area contributed by atoms with Crippen LogP contribution in [0.3, 0.4) is 0 Å². The van der Waals surface area contributed by atoms with Crippen LogP contribution in [0.2, 0.25) is 0 Å². The number of nitrogen functional groups attached to an aromatic ring is 1. The maximum atomic E-state index is 6.02. The maximum absolute atomic E-state index is 6.02. The van der Waals surface area contributed by atoms with Gasteiger partial charge in [0, 0.05) is 7.05 Å². The van der Waals surface area contributed by atoms with Gasteiger partial charge in [0.15, 0.2) is 4.34 Å². The highest BCUT2D eigenvalue weighted by Crippen LogP contribution is 2.34. The summed E-state index contributed by atoms with van der Waals surface area (Å²) in [6.07, 6.45) is 0.843. The Labute approximate surface area is 102 Å². The highest BCUT2D eigenvalue weighted by Gasteiger charge is 2.15. The number of aryl methyl sites for hydroxylation is 3. The van der Waals surface area contributed by atoms with Gasteiger partial charge in [-0.25, -0.2) is 0 Å². The molecule has 2 aromatic rings. The summed E-state index contributed by atoms with van der Waals surface area (Å²) in [4.78, 5) is 0. The van der Waals surface area contributed by atoms with E-state index in [4.69, 9.17) is 5.73 Å². The van der Waals surface area contributed by atoms with Crippen LogP contribution in [0.1, 0.15) is 17.6 Å². The first-order valence-electron chi connectivity index (χ1n) is 4.91. The lowest BCUT2D eigenvalue weighted by atomic mass is 10.3. The molecule has 2 heterocycles. The first-order valence-corrected chi connectivity index (χ1v) is 6.54. The molecule has 2 N–H and O–H groups in total. The molecule has 0 saturated carbocycles. The number of nitrogens with two attached hydrogens (primary N) is 1. The van der Waals surface area contributed by atoms with Crippen LogP contribution in [0.5, 0.6) is 0 Å². The van der Waals surface area contributed by atoms with E-state index in [0.717, 1.165) is 32.2 Å². The molecule has 5 nitrogen and oxygen atoms in total. The van der Waals surface area contributed by atoms with E-state index < -0.39 is 0 Å². The summed E-state index contributed by atoms with van der Waals surface area (Å²) >= 11 is 3.08. The van der Waals surface area contributed by atoms with Crippen LogP contribution >= 0.6 is 23.1 Å². The van der Waals surface area contributed by atoms with Gasteiger partial charge >= 0.3 is 0 Å². The molecule has 2 aromatic heterocycles. The fourth-order valence-corrected chi connectivity index (χ4v) is 3.19. The number of anilines is 1. The van der Waals surface area contributed by atoms with E-state index in [0.29, 0.717) is 0 Å². The number of rotatable bonds is 3. The van der Waals surface area contributed by atoms with E-state index >= 15 is 0 Å². The molecule has 86 valence electrons. The summed E-state index contributed by atoms with van der Waals surface area (Å²) in [5.74, 6) is 0. The van der Waals surface area contributed by atoms with Gasteiger partial charge < -0.3 is 5.73 Å². The van der Waals surface area contributed by atoms with Crippen molar-refractivity contribution in [2.75, 3.05) is 5.73 Å². The van der Waals surface area contributed by atoms with Crippen molar-refractivity contribution >= 4 is 28.8 Å². The predicted molar refractivity (Wildman–Crippen MR) is 65.8 cm³/mol. The maximum Gasteiger partial charge on any atom is 0.180 e. The fourth-order valence-electron chi connectivity index (χ4n) is 1.36. The Hall–Kier alpha value is -1.08. The second kappa shape index (κ2) is 4.42. The van der Waals surface area contributed by atoms with E-state index in [-0.39, 0.29) is 0 Å². The highest BCUT2D eigenvalue weighted by atomic mass is 32.2. The largest absolute Gasteiger partial charge is 0.395 e. The number of nitrogens with zero attached hydrogens (tertiary/aromatic N) is 4. The third kappa shape index (κ3) is 2.05. The highest BCUT2D eigenvalue weighted by molar-refractivity contribution is 8.01. The van der Waals surface area contributed by atoms with Crippen molar-refractivity contribution in [3.8, 4) is 0 Å². The molecule has 0 saturated heterocycles. The second-order valence-electron chi connectivity index (χ2n) is 3.33. The second-order valence-corrected chi connectivity index (χ2v) is 5.75. The van der Waals surface area contributed by atoms with Crippen molar-refractivity contribution in [1.82, 2.24) is 20.0 Å². The molecule has 0 radical (unpaired) electrons. The molecule has 0 amide bonds.